The fraction of sp³-hybridized carbons (Fsp3) is 0.750. The monoisotopic (exact) mass is 321 g/mol. The number of ether oxygens (including phenoxy) is 1. The zero-order chi connectivity index (χ0) is 16.2. The van der Waals surface area contributed by atoms with Crippen molar-refractivity contribution < 1.29 is 9.53 Å². The van der Waals surface area contributed by atoms with Gasteiger partial charge in [-0.3, -0.25) is 14.4 Å². The van der Waals surface area contributed by atoms with Crippen molar-refractivity contribution in [2.75, 3.05) is 53.5 Å². The lowest BCUT2D eigenvalue weighted by molar-refractivity contribution is -0.135. The topological polar surface area (TPSA) is 53.8 Å². The number of hydrogen-bond acceptors (Lipinski definition) is 5. The van der Waals surface area contributed by atoms with E-state index < -0.39 is 0 Å². The molecule has 0 radical (unpaired) electrons. The zero-order valence-corrected chi connectivity index (χ0v) is 14.1. The van der Waals surface area contributed by atoms with E-state index in [1.54, 1.807) is 0 Å². The Hall–Kier alpha value is -1.44. The minimum atomic E-state index is 0.197. The van der Waals surface area contributed by atoms with Crippen LogP contribution in [-0.4, -0.2) is 89.9 Å². The van der Waals surface area contributed by atoms with Crippen molar-refractivity contribution >= 4 is 5.91 Å². The third kappa shape index (κ3) is 4.10. The third-order valence-electron chi connectivity index (χ3n) is 4.60. The summed E-state index contributed by atoms with van der Waals surface area (Å²) in [6.45, 7) is 6.40. The fourth-order valence-corrected chi connectivity index (χ4v) is 3.35. The SMILES string of the molecule is CN(C)CC(=O)N1Cc2ccnn2CC[C@@H]1CN1CCOCC1. The standard InChI is InChI=1S/C16H27N5O2/c1-18(2)13-16(22)20-12-15-3-5-17-21(15)6-4-14(20)11-19-7-9-23-10-8-19/h3,5,14H,4,6-13H2,1-2H3/t14-/m1/s1. The van der Waals surface area contributed by atoms with E-state index in [9.17, 15) is 4.79 Å². The first-order chi connectivity index (χ1) is 11.1. The van der Waals surface area contributed by atoms with Crippen LogP contribution < -0.4 is 0 Å². The zero-order valence-electron chi connectivity index (χ0n) is 14.1. The highest BCUT2D eigenvalue weighted by molar-refractivity contribution is 5.78. The maximum Gasteiger partial charge on any atom is 0.237 e. The normalized spacial score (nSPS) is 22.9. The summed E-state index contributed by atoms with van der Waals surface area (Å²) in [4.78, 5) is 19.2. The van der Waals surface area contributed by atoms with Gasteiger partial charge in [-0.2, -0.15) is 5.10 Å². The van der Waals surface area contributed by atoms with Crippen LogP contribution in [0.1, 0.15) is 12.1 Å². The highest BCUT2D eigenvalue weighted by atomic mass is 16.5. The van der Waals surface area contributed by atoms with Gasteiger partial charge in [-0.15, -0.1) is 0 Å². The van der Waals surface area contributed by atoms with Crippen molar-refractivity contribution in [1.82, 2.24) is 24.5 Å². The van der Waals surface area contributed by atoms with Crippen molar-refractivity contribution in [1.29, 1.82) is 0 Å². The maximum absolute atomic E-state index is 12.8. The molecule has 0 spiro atoms. The second kappa shape index (κ2) is 7.42. The number of carbonyl (C=O) groups is 1. The van der Waals surface area contributed by atoms with Crippen molar-refractivity contribution in [3.63, 3.8) is 0 Å². The van der Waals surface area contributed by atoms with E-state index in [1.807, 2.05) is 35.9 Å². The highest BCUT2D eigenvalue weighted by Gasteiger charge is 2.30. The summed E-state index contributed by atoms with van der Waals surface area (Å²) < 4.78 is 7.47. The first-order valence-corrected chi connectivity index (χ1v) is 8.38. The predicted molar refractivity (Wildman–Crippen MR) is 87.0 cm³/mol. The Morgan fingerprint density at radius 2 is 2.13 bits per heavy atom. The van der Waals surface area contributed by atoms with E-state index in [1.165, 1.54) is 0 Å². The van der Waals surface area contributed by atoms with E-state index in [0.29, 0.717) is 13.1 Å². The fourth-order valence-electron chi connectivity index (χ4n) is 3.35. The molecule has 0 bridgehead atoms. The summed E-state index contributed by atoms with van der Waals surface area (Å²) in [5.41, 5.74) is 1.13. The van der Waals surface area contributed by atoms with Crippen LogP contribution in [0.25, 0.3) is 0 Å². The minimum absolute atomic E-state index is 0.197. The molecule has 1 fully saturated rings. The summed E-state index contributed by atoms with van der Waals surface area (Å²) in [7, 11) is 3.88. The Morgan fingerprint density at radius 3 is 2.87 bits per heavy atom. The van der Waals surface area contributed by atoms with Gasteiger partial charge in [-0.1, -0.05) is 0 Å². The molecule has 1 aromatic rings. The summed E-state index contributed by atoms with van der Waals surface area (Å²) in [6, 6.07) is 2.26. The van der Waals surface area contributed by atoms with Crippen LogP contribution in [0.3, 0.4) is 0 Å². The molecule has 1 atom stereocenters. The third-order valence-corrected chi connectivity index (χ3v) is 4.60. The van der Waals surface area contributed by atoms with Gasteiger partial charge >= 0.3 is 0 Å². The molecule has 0 saturated carbocycles. The molecule has 2 aliphatic heterocycles. The molecule has 7 heteroatoms. The van der Waals surface area contributed by atoms with Gasteiger partial charge in [0.2, 0.25) is 5.91 Å². The number of morpholine rings is 1. The van der Waals surface area contributed by atoms with Crippen LogP contribution in [-0.2, 0) is 22.6 Å². The smallest absolute Gasteiger partial charge is 0.237 e. The molecule has 23 heavy (non-hydrogen) atoms. The molecule has 0 unspecified atom stereocenters. The van der Waals surface area contributed by atoms with Gasteiger partial charge in [0.05, 0.1) is 32.0 Å². The van der Waals surface area contributed by atoms with E-state index in [0.717, 1.165) is 51.5 Å². The highest BCUT2D eigenvalue weighted by Crippen LogP contribution is 2.19. The van der Waals surface area contributed by atoms with Gasteiger partial charge in [0, 0.05) is 38.4 Å². The van der Waals surface area contributed by atoms with E-state index in [-0.39, 0.29) is 11.9 Å². The molecule has 1 aromatic heterocycles. The van der Waals surface area contributed by atoms with E-state index >= 15 is 0 Å². The number of likely N-dealkylation sites (N-methyl/N-ethyl adjacent to an activating group) is 1. The Kier molecular flexibility index (Phi) is 5.30. The number of rotatable bonds is 4. The van der Waals surface area contributed by atoms with E-state index in [4.69, 9.17) is 4.74 Å². The molecule has 0 aromatic carbocycles. The predicted octanol–water partition coefficient (Wildman–Crippen LogP) is -0.122. The average molecular weight is 321 g/mol. The van der Waals surface area contributed by atoms with Crippen LogP contribution in [0.15, 0.2) is 12.3 Å². The number of aryl methyl sites for hydroxylation is 1. The number of fused-ring (bicyclic) bond motifs is 1. The second-order valence-electron chi connectivity index (χ2n) is 6.66. The van der Waals surface area contributed by atoms with Crippen LogP contribution in [0, 0.1) is 0 Å². The quantitative estimate of drug-likeness (QED) is 0.774. The second-order valence-corrected chi connectivity index (χ2v) is 6.66. The summed E-state index contributed by atoms with van der Waals surface area (Å²) >= 11 is 0. The average Bonchev–Trinajstić information content (AvgIpc) is 2.90. The van der Waals surface area contributed by atoms with E-state index in [2.05, 4.69) is 14.9 Å². The summed E-state index contributed by atoms with van der Waals surface area (Å²) in [5.74, 6) is 0.197. The van der Waals surface area contributed by atoms with Gasteiger partial charge in [0.1, 0.15) is 0 Å². The van der Waals surface area contributed by atoms with Crippen LogP contribution in [0.5, 0.6) is 0 Å². The van der Waals surface area contributed by atoms with Gasteiger partial charge in [0.15, 0.2) is 0 Å². The minimum Gasteiger partial charge on any atom is -0.379 e. The van der Waals surface area contributed by atoms with Crippen molar-refractivity contribution in [3.8, 4) is 0 Å². The number of aromatic nitrogens is 2. The number of hydrogen-bond donors (Lipinski definition) is 0. The van der Waals surface area contributed by atoms with Crippen molar-refractivity contribution in [2.24, 2.45) is 0 Å². The number of nitrogens with zero attached hydrogens (tertiary/aromatic N) is 5. The maximum atomic E-state index is 12.8. The largest absolute Gasteiger partial charge is 0.379 e. The van der Waals surface area contributed by atoms with Crippen molar-refractivity contribution in [2.45, 2.75) is 25.6 Å². The Balaban J connectivity index is 1.73. The molecule has 128 valence electrons. The molecule has 3 heterocycles. The first kappa shape index (κ1) is 16.4. The summed E-state index contributed by atoms with van der Waals surface area (Å²) in [5, 5.41) is 4.39. The molecule has 7 nitrogen and oxygen atoms in total. The van der Waals surface area contributed by atoms with Gasteiger partial charge in [-0.05, 0) is 26.6 Å². The molecule has 0 aliphatic carbocycles. The summed E-state index contributed by atoms with van der Waals surface area (Å²) in [6.07, 6.45) is 2.78. The Bertz CT molecular complexity index is 524. The van der Waals surface area contributed by atoms with Gasteiger partial charge < -0.3 is 14.5 Å². The lowest BCUT2D eigenvalue weighted by Gasteiger charge is -2.36. The lowest BCUT2D eigenvalue weighted by atomic mass is 10.1. The van der Waals surface area contributed by atoms with Gasteiger partial charge in [-0.25, -0.2) is 0 Å². The van der Waals surface area contributed by atoms with Crippen LogP contribution >= 0.6 is 0 Å². The van der Waals surface area contributed by atoms with Crippen LogP contribution in [0.4, 0.5) is 0 Å². The molecule has 3 rings (SSSR count). The molecular formula is C16H27N5O2. The number of amides is 1. The molecule has 1 saturated heterocycles. The lowest BCUT2D eigenvalue weighted by Crippen LogP contribution is -2.50. The first-order valence-electron chi connectivity index (χ1n) is 8.38. The Labute approximate surface area is 137 Å². The molecule has 2 aliphatic rings. The molecule has 0 N–H and O–H groups in total. The Morgan fingerprint density at radius 1 is 1.35 bits per heavy atom. The molecular weight excluding hydrogens is 294 g/mol. The molecule has 1 amide bonds. The van der Waals surface area contributed by atoms with Crippen LogP contribution in [0.2, 0.25) is 0 Å². The number of carbonyl (C=O) groups excluding carboxylic acids is 1. The van der Waals surface area contributed by atoms with Gasteiger partial charge in [0.25, 0.3) is 0 Å². The van der Waals surface area contributed by atoms with Crippen molar-refractivity contribution in [3.05, 3.63) is 18.0 Å².